The Morgan fingerprint density at radius 3 is 2.65 bits per heavy atom. The van der Waals surface area contributed by atoms with Gasteiger partial charge in [-0.2, -0.15) is 0 Å². The zero-order valence-corrected chi connectivity index (χ0v) is 11.3. The number of hydrogen-bond donors (Lipinski definition) is 0. The van der Waals surface area contributed by atoms with Crippen molar-refractivity contribution in [2.45, 2.75) is 6.54 Å². The zero-order chi connectivity index (χ0) is 11.5. The lowest BCUT2D eigenvalue weighted by Gasteiger charge is -2.00. The average molecular weight is 290 g/mol. The highest BCUT2D eigenvalue weighted by molar-refractivity contribution is 6.41. The first-order valence-electron chi connectivity index (χ1n) is 4.82. The maximum atomic E-state index is 5.95. The molecule has 0 aliphatic carbocycles. The van der Waals surface area contributed by atoms with Gasteiger partial charge in [0.05, 0.1) is 16.2 Å². The van der Waals surface area contributed by atoms with Crippen LogP contribution in [0.3, 0.4) is 0 Å². The Labute approximate surface area is 117 Å². The summed E-state index contributed by atoms with van der Waals surface area (Å²) < 4.78 is 3.93. The van der Waals surface area contributed by atoms with E-state index in [1.165, 1.54) is 0 Å². The highest BCUT2D eigenvalue weighted by Crippen LogP contribution is 2.22. The van der Waals surface area contributed by atoms with E-state index in [-0.39, 0.29) is 12.4 Å². The van der Waals surface area contributed by atoms with Crippen molar-refractivity contribution in [3.63, 3.8) is 0 Å². The molecule has 0 spiro atoms. The highest BCUT2D eigenvalue weighted by atomic mass is 35.5. The maximum Gasteiger partial charge on any atom is 0.248 e. The Morgan fingerprint density at radius 2 is 2.06 bits per heavy atom. The van der Waals surface area contributed by atoms with E-state index in [9.17, 15) is 0 Å². The number of halogens is 3. The van der Waals surface area contributed by atoms with Crippen LogP contribution in [0.4, 0.5) is 0 Å². The van der Waals surface area contributed by atoms with Gasteiger partial charge in [0.1, 0.15) is 18.9 Å². The number of imidazole rings is 1. The molecule has 0 atom stereocenters. The van der Waals surface area contributed by atoms with Gasteiger partial charge in [-0.25, -0.2) is 9.13 Å². The van der Waals surface area contributed by atoms with Crippen LogP contribution >= 0.6 is 23.2 Å². The van der Waals surface area contributed by atoms with Crippen molar-refractivity contribution in [3.05, 3.63) is 59.1 Å². The molecule has 5 heteroatoms. The van der Waals surface area contributed by atoms with E-state index in [1.807, 2.05) is 46.1 Å². The molecule has 0 saturated carbocycles. The van der Waals surface area contributed by atoms with Crippen molar-refractivity contribution in [1.82, 2.24) is 4.57 Å². The quantitative estimate of drug-likeness (QED) is 0.716. The van der Waals surface area contributed by atoms with Gasteiger partial charge >= 0.3 is 0 Å². The van der Waals surface area contributed by atoms with Crippen molar-refractivity contribution >= 4 is 29.4 Å². The molecule has 2 nitrogen and oxygen atoms in total. The first-order chi connectivity index (χ1) is 7.69. The third kappa shape index (κ3) is 3.50. The van der Waals surface area contributed by atoms with Gasteiger partial charge in [-0.15, -0.1) is 0 Å². The van der Waals surface area contributed by atoms with Gasteiger partial charge in [-0.3, -0.25) is 0 Å². The minimum atomic E-state index is 0. The van der Waals surface area contributed by atoms with Gasteiger partial charge in [0, 0.05) is 0 Å². The lowest BCUT2D eigenvalue weighted by atomic mass is 10.2. The van der Waals surface area contributed by atoms with E-state index in [0.717, 1.165) is 12.1 Å². The molecular formula is C12H11Cl3N2. The summed E-state index contributed by atoms with van der Waals surface area (Å²) in [6.07, 6.45) is 7.61. The molecule has 90 valence electrons. The predicted molar refractivity (Wildman–Crippen MR) is 66.6 cm³/mol. The van der Waals surface area contributed by atoms with Crippen LogP contribution in [0.1, 0.15) is 5.56 Å². The molecular weight excluding hydrogens is 279 g/mol. The van der Waals surface area contributed by atoms with E-state index >= 15 is 0 Å². The number of rotatable bonds is 3. The Hall–Kier alpha value is -0.960. The van der Waals surface area contributed by atoms with Crippen LogP contribution in [-0.4, -0.2) is 4.57 Å². The lowest BCUT2D eigenvalue weighted by Crippen LogP contribution is -3.00. The summed E-state index contributed by atoms with van der Waals surface area (Å²) in [5.74, 6) is 0. The first kappa shape index (κ1) is 14.1. The van der Waals surface area contributed by atoms with Crippen LogP contribution in [0.15, 0.2) is 43.5 Å². The molecule has 0 amide bonds. The second kappa shape index (κ2) is 6.10. The SMILES string of the molecule is C=Cn1cc[n+](Cc2ccc(Cl)c(Cl)c2)c1.[Cl-]. The minimum Gasteiger partial charge on any atom is -1.00 e. The van der Waals surface area contributed by atoms with Gasteiger partial charge in [-0.05, 0) is 17.7 Å². The molecule has 1 aromatic carbocycles. The molecule has 0 saturated heterocycles. The number of aromatic nitrogens is 2. The summed E-state index contributed by atoms with van der Waals surface area (Å²) in [5, 5.41) is 1.17. The largest absolute Gasteiger partial charge is 1.00 e. The monoisotopic (exact) mass is 288 g/mol. The number of hydrogen-bond acceptors (Lipinski definition) is 0. The maximum absolute atomic E-state index is 5.95. The summed E-state index contributed by atoms with van der Waals surface area (Å²) in [6, 6.07) is 5.65. The Morgan fingerprint density at radius 1 is 1.29 bits per heavy atom. The van der Waals surface area contributed by atoms with Crippen LogP contribution in [0.5, 0.6) is 0 Å². The summed E-state index contributed by atoms with van der Waals surface area (Å²) in [4.78, 5) is 0. The minimum absolute atomic E-state index is 0. The lowest BCUT2D eigenvalue weighted by molar-refractivity contribution is -0.687. The fourth-order valence-electron chi connectivity index (χ4n) is 1.46. The third-order valence-corrected chi connectivity index (χ3v) is 3.01. The summed E-state index contributed by atoms with van der Waals surface area (Å²) in [6.45, 7) is 4.45. The average Bonchev–Trinajstić information content (AvgIpc) is 2.71. The highest BCUT2D eigenvalue weighted by Gasteiger charge is 2.04. The van der Waals surface area contributed by atoms with E-state index < -0.39 is 0 Å². The van der Waals surface area contributed by atoms with Gasteiger partial charge in [0.25, 0.3) is 0 Å². The van der Waals surface area contributed by atoms with Crippen molar-refractivity contribution in [2.75, 3.05) is 0 Å². The molecule has 0 N–H and O–H groups in total. The molecule has 17 heavy (non-hydrogen) atoms. The molecule has 0 fully saturated rings. The normalized spacial score (nSPS) is 9.76. The summed E-state index contributed by atoms with van der Waals surface area (Å²) in [7, 11) is 0. The Kier molecular flexibility index (Phi) is 5.06. The molecule has 2 aromatic rings. The van der Waals surface area contributed by atoms with Crippen molar-refractivity contribution in [1.29, 1.82) is 0 Å². The molecule has 0 unspecified atom stereocenters. The molecule has 0 radical (unpaired) electrons. The van der Waals surface area contributed by atoms with Crippen LogP contribution in [-0.2, 0) is 6.54 Å². The second-order valence-corrected chi connectivity index (χ2v) is 4.28. The number of nitrogens with zero attached hydrogens (tertiary/aromatic N) is 2. The fraction of sp³-hybridized carbons (Fsp3) is 0.0833. The topological polar surface area (TPSA) is 8.81 Å². The van der Waals surface area contributed by atoms with Crippen LogP contribution < -0.4 is 17.0 Å². The van der Waals surface area contributed by atoms with Crippen LogP contribution in [0, 0.1) is 0 Å². The van der Waals surface area contributed by atoms with Gasteiger partial charge < -0.3 is 12.4 Å². The predicted octanol–water partition coefficient (Wildman–Crippen LogP) is 0.235. The molecule has 1 heterocycles. The molecule has 2 rings (SSSR count). The van der Waals surface area contributed by atoms with Gasteiger partial charge in [0.2, 0.25) is 6.33 Å². The summed E-state index contributed by atoms with van der Waals surface area (Å²) >= 11 is 11.8. The second-order valence-electron chi connectivity index (χ2n) is 3.46. The van der Waals surface area contributed by atoms with E-state index in [2.05, 4.69) is 6.58 Å². The molecule has 1 aromatic heterocycles. The molecule has 0 bridgehead atoms. The van der Waals surface area contributed by atoms with Crippen LogP contribution in [0.2, 0.25) is 10.0 Å². The fourth-order valence-corrected chi connectivity index (χ4v) is 1.78. The third-order valence-electron chi connectivity index (χ3n) is 2.27. The van der Waals surface area contributed by atoms with Gasteiger partial charge in [-0.1, -0.05) is 35.8 Å². The molecule has 0 aliphatic rings. The molecule has 0 aliphatic heterocycles. The van der Waals surface area contributed by atoms with E-state index in [4.69, 9.17) is 23.2 Å². The Balaban J connectivity index is 0.00000144. The summed E-state index contributed by atoms with van der Waals surface area (Å²) in [5.41, 5.74) is 1.11. The van der Waals surface area contributed by atoms with Crippen molar-refractivity contribution in [2.24, 2.45) is 0 Å². The van der Waals surface area contributed by atoms with E-state index in [1.54, 1.807) is 6.20 Å². The van der Waals surface area contributed by atoms with Gasteiger partial charge in [0.15, 0.2) is 0 Å². The Bertz CT molecular complexity index is 520. The van der Waals surface area contributed by atoms with E-state index in [0.29, 0.717) is 10.0 Å². The van der Waals surface area contributed by atoms with Crippen molar-refractivity contribution < 1.29 is 17.0 Å². The first-order valence-corrected chi connectivity index (χ1v) is 5.57. The number of benzene rings is 1. The smallest absolute Gasteiger partial charge is 0.248 e. The van der Waals surface area contributed by atoms with Crippen LogP contribution in [0.25, 0.3) is 6.20 Å². The van der Waals surface area contributed by atoms with Crippen molar-refractivity contribution in [3.8, 4) is 0 Å². The zero-order valence-electron chi connectivity index (χ0n) is 8.98. The standard InChI is InChI=1S/C12H11Cl2N2.ClH/c1-2-15-5-6-16(9-15)8-10-3-4-11(13)12(14)7-10;/h2-7,9H,1,8H2;1H/q+1;/p-1.